The molecule has 0 saturated heterocycles. The number of hydrogen-bond donors (Lipinski definition) is 1. The minimum atomic E-state index is -3.90. The monoisotopic (exact) mass is 220 g/mol. The van der Waals surface area contributed by atoms with Gasteiger partial charge >= 0.3 is 0 Å². The van der Waals surface area contributed by atoms with Gasteiger partial charge in [0.25, 0.3) is 10.1 Å². The second kappa shape index (κ2) is 4.19. The van der Waals surface area contributed by atoms with E-state index in [0.717, 1.165) is 25.7 Å². The van der Waals surface area contributed by atoms with Crippen molar-refractivity contribution >= 4 is 10.1 Å². The summed E-state index contributed by atoms with van der Waals surface area (Å²) >= 11 is 0. The van der Waals surface area contributed by atoms with E-state index in [1.807, 2.05) is 13.8 Å². The molecule has 1 saturated carbocycles. The van der Waals surface area contributed by atoms with Crippen molar-refractivity contribution in [3.8, 4) is 0 Å². The predicted octanol–water partition coefficient (Wildman–Crippen LogP) is 2.62. The summed E-state index contributed by atoms with van der Waals surface area (Å²) < 4.78 is 31.4. The Morgan fingerprint density at radius 1 is 1.36 bits per heavy atom. The van der Waals surface area contributed by atoms with Crippen molar-refractivity contribution in [3.05, 3.63) is 0 Å². The first-order chi connectivity index (χ1) is 6.48. The highest BCUT2D eigenvalue weighted by molar-refractivity contribution is 7.87. The third-order valence-corrected chi connectivity index (χ3v) is 5.61. The normalized spacial score (nSPS) is 34.4. The standard InChI is InChI=1S/C10H20O3S/c1-3-9-7-5-6-8-10(9,4-2)14(11,12)13/h9H,3-8H2,1-2H3,(H,11,12,13). The van der Waals surface area contributed by atoms with Gasteiger partial charge in [0, 0.05) is 0 Å². The SMILES string of the molecule is CCC1CCCCC1(CC)S(=O)(=O)O. The maximum Gasteiger partial charge on any atom is 0.270 e. The van der Waals surface area contributed by atoms with Crippen molar-refractivity contribution in [2.75, 3.05) is 0 Å². The Morgan fingerprint density at radius 2 is 2.00 bits per heavy atom. The highest BCUT2D eigenvalue weighted by Gasteiger charge is 2.48. The van der Waals surface area contributed by atoms with Gasteiger partial charge in [-0.2, -0.15) is 8.42 Å². The van der Waals surface area contributed by atoms with E-state index in [1.165, 1.54) is 0 Å². The largest absolute Gasteiger partial charge is 0.285 e. The Bertz CT molecular complexity index is 284. The van der Waals surface area contributed by atoms with E-state index in [0.29, 0.717) is 12.8 Å². The van der Waals surface area contributed by atoms with Gasteiger partial charge in [-0.3, -0.25) is 4.55 Å². The Labute approximate surface area is 86.6 Å². The molecule has 0 aliphatic heterocycles. The lowest BCUT2D eigenvalue weighted by molar-refractivity contribution is 0.230. The molecule has 14 heavy (non-hydrogen) atoms. The highest BCUT2D eigenvalue weighted by atomic mass is 32.2. The lowest BCUT2D eigenvalue weighted by Crippen LogP contribution is -2.46. The molecule has 1 fully saturated rings. The molecule has 0 spiro atoms. The van der Waals surface area contributed by atoms with Gasteiger partial charge in [-0.1, -0.05) is 33.1 Å². The molecule has 0 radical (unpaired) electrons. The van der Waals surface area contributed by atoms with E-state index in [-0.39, 0.29) is 5.92 Å². The molecule has 1 aliphatic carbocycles. The van der Waals surface area contributed by atoms with Crippen molar-refractivity contribution in [3.63, 3.8) is 0 Å². The predicted molar refractivity (Wildman–Crippen MR) is 56.8 cm³/mol. The van der Waals surface area contributed by atoms with Crippen molar-refractivity contribution in [1.29, 1.82) is 0 Å². The minimum Gasteiger partial charge on any atom is -0.285 e. The average molecular weight is 220 g/mol. The second-order valence-corrected chi connectivity index (χ2v) is 6.01. The summed E-state index contributed by atoms with van der Waals surface area (Å²) in [5.74, 6) is 0.135. The molecular weight excluding hydrogens is 200 g/mol. The van der Waals surface area contributed by atoms with Crippen LogP contribution in [0.25, 0.3) is 0 Å². The Balaban J connectivity index is 3.06. The topological polar surface area (TPSA) is 54.4 Å². The first-order valence-corrected chi connectivity index (χ1v) is 6.89. The third-order valence-electron chi connectivity index (χ3n) is 3.75. The Morgan fingerprint density at radius 3 is 2.36 bits per heavy atom. The molecule has 1 rings (SSSR count). The van der Waals surface area contributed by atoms with Crippen LogP contribution < -0.4 is 0 Å². The summed E-state index contributed by atoms with van der Waals surface area (Å²) in [4.78, 5) is 0. The fourth-order valence-electron chi connectivity index (χ4n) is 2.85. The van der Waals surface area contributed by atoms with Crippen LogP contribution in [0.4, 0.5) is 0 Å². The molecule has 0 bridgehead atoms. The average Bonchev–Trinajstić information content (AvgIpc) is 2.15. The number of rotatable bonds is 3. The smallest absolute Gasteiger partial charge is 0.270 e. The highest BCUT2D eigenvalue weighted by Crippen LogP contribution is 2.43. The molecule has 0 aromatic heterocycles. The summed E-state index contributed by atoms with van der Waals surface area (Å²) in [6.07, 6.45) is 4.95. The van der Waals surface area contributed by atoms with Gasteiger partial charge in [-0.15, -0.1) is 0 Å². The zero-order chi connectivity index (χ0) is 10.8. The van der Waals surface area contributed by atoms with Crippen LogP contribution in [0.5, 0.6) is 0 Å². The Kier molecular flexibility index (Phi) is 3.58. The molecule has 1 N–H and O–H groups in total. The lowest BCUT2D eigenvalue weighted by atomic mass is 9.75. The van der Waals surface area contributed by atoms with E-state index in [2.05, 4.69) is 0 Å². The van der Waals surface area contributed by atoms with E-state index in [9.17, 15) is 13.0 Å². The molecule has 4 heteroatoms. The lowest BCUT2D eigenvalue weighted by Gasteiger charge is -2.40. The summed E-state index contributed by atoms with van der Waals surface area (Å²) in [5, 5.41) is 0. The molecule has 0 aromatic rings. The molecule has 84 valence electrons. The van der Waals surface area contributed by atoms with Crippen molar-refractivity contribution in [1.82, 2.24) is 0 Å². The van der Waals surface area contributed by atoms with Crippen LogP contribution in [0, 0.1) is 5.92 Å². The Hall–Kier alpha value is -0.0900. The fraction of sp³-hybridized carbons (Fsp3) is 1.00. The quantitative estimate of drug-likeness (QED) is 0.744. The molecule has 2 unspecified atom stereocenters. The van der Waals surface area contributed by atoms with Gasteiger partial charge < -0.3 is 0 Å². The first-order valence-electron chi connectivity index (χ1n) is 5.45. The van der Waals surface area contributed by atoms with Gasteiger partial charge in [0.15, 0.2) is 0 Å². The first kappa shape index (κ1) is 12.0. The molecule has 0 heterocycles. The minimum absolute atomic E-state index is 0.135. The van der Waals surface area contributed by atoms with E-state index >= 15 is 0 Å². The molecule has 1 aliphatic rings. The van der Waals surface area contributed by atoms with Crippen LogP contribution in [0.2, 0.25) is 0 Å². The second-order valence-electron chi connectivity index (χ2n) is 4.24. The molecule has 0 aromatic carbocycles. The van der Waals surface area contributed by atoms with Crippen LogP contribution in [0.15, 0.2) is 0 Å². The summed E-state index contributed by atoms with van der Waals surface area (Å²) in [6.45, 7) is 3.87. The molecule has 2 atom stereocenters. The molecular formula is C10H20O3S. The van der Waals surface area contributed by atoms with Crippen LogP contribution in [-0.4, -0.2) is 17.7 Å². The zero-order valence-electron chi connectivity index (χ0n) is 8.99. The van der Waals surface area contributed by atoms with Gasteiger partial charge in [-0.25, -0.2) is 0 Å². The van der Waals surface area contributed by atoms with Gasteiger partial charge in [0.05, 0.1) is 4.75 Å². The van der Waals surface area contributed by atoms with E-state index < -0.39 is 14.9 Å². The van der Waals surface area contributed by atoms with Crippen molar-refractivity contribution in [2.45, 2.75) is 57.1 Å². The maximum atomic E-state index is 11.5. The van der Waals surface area contributed by atoms with E-state index in [1.54, 1.807) is 0 Å². The number of hydrogen-bond acceptors (Lipinski definition) is 2. The summed E-state index contributed by atoms with van der Waals surface area (Å²) in [7, 11) is -3.90. The fourth-order valence-corrected chi connectivity index (χ4v) is 4.32. The molecule has 0 amide bonds. The third kappa shape index (κ3) is 1.82. The van der Waals surface area contributed by atoms with Crippen molar-refractivity contribution < 1.29 is 13.0 Å². The van der Waals surface area contributed by atoms with Gasteiger partial charge in [-0.05, 0) is 25.2 Å². The molecule has 3 nitrogen and oxygen atoms in total. The maximum absolute atomic E-state index is 11.5. The zero-order valence-corrected chi connectivity index (χ0v) is 9.81. The summed E-state index contributed by atoms with van der Waals surface area (Å²) in [5.41, 5.74) is 0. The van der Waals surface area contributed by atoms with E-state index in [4.69, 9.17) is 0 Å². The van der Waals surface area contributed by atoms with Crippen LogP contribution in [0.1, 0.15) is 52.4 Å². The summed E-state index contributed by atoms with van der Waals surface area (Å²) in [6, 6.07) is 0. The van der Waals surface area contributed by atoms with Gasteiger partial charge in [0.2, 0.25) is 0 Å². The van der Waals surface area contributed by atoms with Crippen molar-refractivity contribution in [2.24, 2.45) is 5.92 Å². The van der Waals surface area contributed by atoms with Crippen LogP contribution in [0.3, 0.4) is 0 Å². The van der Waals surface area contributed by atoms with Gasteiger partial charge in [0.1, 0.15) is 0 Å². The van der Waals surface area contributed by atoms with Crippen LogP contribution in [-0.2, 0) is 10.1 Å². The van der Waals surface area contributed by atoms with Crippen LogP contribution >= 0.6 is 0 Å².